The van der Waals surface area contributed by atoms with Gasteiger partial charge < -0.3 is 19.5 Å². The SMILES string of the molecule is COC(=O)[C@@]1(C)CCC[C@@]2(C)[C@H](CCc3ccoc3)C(CNCCc3c[nH]c4ccccc34)CC[C@@H]21. The molecule has 1 unspecified atom stereocenters. The highest BCUT2D eigenvalue weighted by Crippen LogP contribution is 2.62. The van der Waals surface area contributed by atoms with E-state index >= 15 is 0 Å². The number of furan rings is 1. The number of para-hydroxylation sites is 1. The van der Waals surface area contributed by atoms with Crippen LogP contribution in [-0.2, 0) is 22.4 Å². The third-order valence-electron chi connectivity index (χ3n) is 9.85. The van der Waals surface area contributed by atoms with E-state index in [1.54, 1.807) is 13.4 Å². The first-order chi connectivity index (χ1) is 17.5. The van der Waals surface area contributed by atoms with Crippen LogP contribution in [0, 0.1) is 28.6 Å². The number of aromatic amines is 1. The number of ether oxygens (including phenoxy) is 1. The summed E-state index contributed by atoms with van der Waals surface area (Å²) in [6.07, 6.45) is 14.5. The van der Waals surface area contributed by atoms with Gasteiger partial charge in [0.1, 0.15) is 0 Å². The van der Waals surface area contributed by atoms with Gasteiger partial charge in [0.15, 0.2) is 0 Å². The lowest BCUT2D eigenvalue weighted by atomic mass is 9.45. The van der Waals surface area contributed by atoms with Crippen molar-refractivity contribution in [3.63, 3.8) is 0 Å². The van der Waals surface area contributed by atoms with Crippen LogP contribution in [0.1, 0.15) is 63.5 Å². The van der Waals surface area contributed by atoms with E-state index in [4.69, 9.17) is 9.15 Å². The Hall–Kier alpha value is -2.53. The number of H-pyrrole nitrogens is 1. The van der Waals surface area contributed by atoms with Gasteiger partial charge in [0, 0.05) is 17.1 Å². The van der Waals surface area contributed by atoms with Gasteiger partial charge in [-0.25, -0.2) is 0 Å². The van der Waals surface area contributed by atoms with E-state index in [9.17, 15) is 4.79 Å². The average Bonchev–Trinajstić information content (AvgIpc) is 3.55. The summed E-state index contributed by atoms with van der Waals surface area (Å²) in [6, 6.07) is 10.6. The van der Waals surface area contributed by atoms with Gasteiger partial charge in [0.2, 0.25) is 0 Å². The second-order valence-corrected chi connectivity index (χ2v) is 11.7. The molecule has 0 spiro atoms. The minimum atomic E-state index is -0.372. The van der Waals surface area contributed by atoms with Crippen molar-refractivity contribution in [3.8, 4) is 0 Å². The van der Waals surface area contributed by atoms with Crippen LogP contribution < -0.4 is 5.32 Å². The summed E-state index contributed by atoms with van der Waals surface area (Å²) in [6.45, 7) is 6.67. The normalized spacial score (nSPS) is 30.2. The number of hydrogen-bond donors (Lipinski definition) is 2. The first kappa shape index (κ1) is 25.1. The summed E-state index contributed by atoms with van der Waals surface area (Å²) in [7, 11) is 1.55. The number of aromatic nitrogens is 1. The van der Waals surface area contributed by atoms with E-state index in [0.29, 0.717) is 17.8 Å². The van der Waals surface area contributed by atoms with Crippen molar-refractivity contribution in [3.05, 3.63) is 60.2 Å². The molecule has 3 aromatic rings. The number of fused-ring (bicyclic) bond motifs is 2. The molecule has 2 heterocycles. The van der Waals surface area contributed by atoms with Crippen LogP contribution in [0.15, 0.2) is 53.5 Å². The molecule has 2 aromatic heterocycles. The molecule has 36 heavy (non-hydrogen) atoms. The number of hydrogen-bond acceptors (Lipinski definition) is 4. The minimum absolute atomic E-state index is 0.0117. The van der Waals surface area contributed by atoms with Crippen LogP contribution in [0.5, 0.6) is 0 Å². The van der Waals surface area contributed by atoms with Crippen molar-refractivity contribution in [1.29, 1.82) is 0 Å². The summed E-state index contributed by atoms with van der Waals surface area (Å²) < 4.78 is 10.7. The Morgan fingerprint density at radius 1 is 1.17 bits per heavy atom. The van der Waals surface area contributed by atoms with E-state index < -0.39 is 0 Å². The average molecular weight is 491 g/mol. The van der Waals surface area contributed by atoms with Crippen molar-refractivity contribution in [2.75, 3.05) is 20.2 Å². The molecule has 2 aliphatic rings. The molecule has 0 saturated heterocycles. The number of methoxy groups -OCH3 is 1. The zero-order valence-corrected chi connectivity index (χ0v) is 22.1. The Bertz CT molecular complexity index is 1150. The van der Waals surface area contributed by atoms with Crippen LogP contribution in [0.3, 0.4) is 0 Å². The molecule has 5 heteroatoms. The van der Waals surface area contributed by atoms with Crippen LogP contribution in [0.25, 0.3) is 10.9 Å². The number of carbonyl (C=O) groups is 1. The third kappa shape index (κ3) is 4.63. The lowest BCUT2D eigenvalue weighted by Gasteiger charge is -2.59. The fourth-order valence-electron chi connectivity index (χ4n) is 8.02. The molecule has 0 amide bonds. The van der Waals surface area contributed by atoms with Gasteiger partial charge in [-0.1, -0.05) is 31.5 Å². The van der Waals surface area contributed by atoms with Crippen molar-refractivity contribution in [2.45, 2.75) is 65.2 Å². The molecule has 5 rings (SSSR count). The summed E-state index contributed by atoms with van der Waals surface area (Å²) in [5.74, 6) is 1.54. The number of aryl methyl sites for hydroxylation is 1. The van der Waals surface area contributed by atoms with Gasteiger partial charge >= 0.3 is 5.97 Å². The molecule has 1 aromatic carbocycles. The predicted octanol–water partition coefficient (Wildman–Crippen LogP) is 6.54. The third-order valence-corrected chi connectivity index (χ3v) is 9.85. The quantitative estimate of drug-likeness (QED) is 0.264. The zero-order chi connectivity index (χ0) is 25.2. The summed E-state index contributed by atoms with van der Waals surface area (Å²) in [4.78, 5) is 16.4. The lowest BCUT2D eigenvalue weighted by Crippen LogP contribution is -2.56. The first-order valence-electron chi connectivity index (χ1n) is 13.8. The Balaban J connectivity index is 1.29. The second kappa shape index (κ2) is 10.5. The Labute approximate surface area is 215 Å². The van der Waals surface area contributed by atoms with Gasteiger partial charge in [0.25, 0.3) is 0 Å². The van der Waals surface area contributed by atoms with Crippen molar-refractivity contribution in [2.24, 2.45) is 28.6 Å². The molecule has 5 atom stereocenters. The molecule has 2 aliphatic carbocycles. The molecule has 2 saturated carbocycles. The van der Waals surface area contributed by atoms with E-state index in [0.717, 1.165) is 51.6 Å². The Morgan fingerprint density at radius 3 is 2.83 bits per heavy atom. The number of esters is 1. The van der Waals surface area contributed by atoms with E-state index in [2.05, 4.69) is 60.7 Å². The molecule has 5 nitrogen and oxygen atoms in total. The van der Waals surface area contributed by atoms with Crippen molar-refractivity contribution < 1.29 is 13.9 Å². The maximum Gasteiger partial charge on any atom is 0.311 e. The summed E-state index contributed by atoms with van der Waals surface area (Å²) in [5.41, 5.74) is 3.64. The number of rotatable bonds is 9. The largest absolute Gasteiger partial charge is 0.472 e. The van der Waals surface area contributed by atoms with Crippen LogP contribution >= 0.6 is 0 Å². The highest BCUT2D eigenvalue weighted by Gasteiger charge is 2.58. The van der Waals surface area contributed by atoms with Gasteiger partial charge in [-0.05, 0) is 111 Å². The fraction of sp³-hybridized carbons (Fsp3) is 0.581. The standard InChI is InChI=1S/C31H42N2O3/c1-30-15-6-16-31(2,29(34)35-3)28(30)12-10-24(26(30)11-9-22-14-18-36-21-22)19-32-17-13-23-20-33-27-8-5-4-7-25(23)27/h4-5,7-8,14,18,20-21,24,26,28,32-33H,6,9-13,15-17,19H2,1-3H3/t24?,26-,28+,30+,31+/m1/s1. The first-order valence-corrected chi connectivity index (χ1v) is 13.8. The molecule has 0 bridgehead atoms. The van der Waals surface area contributed by atoms with E-state index in [1.165, 1.54) is 34.9 Å². The fourth-order valence-corrected chi connectivity index (χ4v) is 8.02. The maximum absolute atomic E-state index is 13.0. The molecule has 2 N–H and O–H groups in total. The number of carbonyl (C=O) groups excluding carboxylic acids is 1. The lowest BCUT2D eigenvalue weighted by molar-refractivity contribution is -0.173. The van der Waals surface area contributed by atoms with E-state index in [-0.39, 0.29) is 16.8 Å². The maximum atomic E-state index is 13.0. The highest BCUT2D eigenvalue weighted by molar-refractivity contribution is 5.83. The van der Waals surface area contributed by atoms with Crippen LogP contribution in [0.4, 0.5) is 0 Å². The van der Waals surface area contributed by atoms with Gasteiger partial charge in [-0.2, -0.15) is 0 Å². The molecule has 194 valence electrons. The number of nitrogens with one attached hydrogen (secondary N) is 2. The van der Waals surface area contributed by atoms with Crippen molar-refractivity contribution in [1.82, 2.24) is 10.3 Å². The molecular weight excluding hydrogens is 448 g/mol. The highest BCUT2D eigenvalue weighted by atomic mass is 16.5. The second-order valence-electron chi connectivity index (χ2n) is 11.7. The zero-order valence-electron chi connectivity index (χ0n) is 22.1. The topological polar surface area (TPSA) is 67.3 Å². The van der Waals surface area contributed by atoms with Gasteiger partial charge in [-0.15, -0.1) is 0 Å². The Morgan fingerprint density at radius 2 is 2.03 bits per heavy atom. The van der Waals surface area contributed by atoms with E-state index in [1.807, 2.05) is 6.26 Å². The molecule has 0 aliphatic heterocycles. The van der Waals surface area contributed by atoms with Crippen LogP contribution in [0.2, 0.25) is 0 Å². The predicted molar refractivity (Wildman–Crippen MR) is 144 cm³/mol. The van der Waals surface area contributed by atoms with Crippen LogP contribution in [-0.4, -0.2) is 31.2 Å². The van der Waals surface area contributed by atoms with Gasteiger partial charge in [0.05, 0.1) is 25.1 Å². The molecular formula is C31H42N2O3. The summed E-state index contributed by atoms with van der Waals surface area (Å²) in [5, 5.41) is 5.15. The number of benzene rings is 1. The summed E-state index contributed by atoms with van der Waals surface area (Å²) >= 11 is 0. The minimum Gasteiger partial charge on any atom is -0.472 e. The molecule has 0 radical (unpaired) electrons. The van der Waals surface area contributed by atoms with Gasteiger partial charge in [-0.3, -0.25) is 4.79 Å². The Kier molecular flexibility index (Phi) is 7.30. The molecule has 2 fully saturated rings. The monoisotopic (exact) mass is 490 g/mol. The smallest absolute Gasteiger partial charge is 0.311 e. The van der Waals surface area contributed by atoms with Crippen molar-refractivity contribution >= 4 is 16.9 Å².